The van der Waals surface area contributed by atoms with Gasteiger partial charge in [-0.1, -0.05) is 12.2 Å². The molecular formula is C21H33NO5. The second-order valence-electron chi connectivity index (χ2n) is 7.85. The van der Waals surface area contributed by atoms with E-state index in [-0.39, 0.29) is 25.0 Å². The minimum Gasteiger partial charge on any atom is -0.463 e. The molecule has 1 aliphatic rings. The number of amides is 1. The lowest BCUT2D eigenvalue weighted by Gasteiger charge is -2.25. The Hall–Kier alpha value is -2.11. The topological polar surface area (TPSA) is 72.9 Å². The molecule has 0 aromatic rings. The molecule has 27 heavy (non-hydrogen) atoms. The van der Waals surface area contributed by atoms with Crippen LogP contribution in [-0.4, -0.2) is 47.5 Å². The average Bonchev–Trinajstić information content (AvgIpc) is 3.04. The molecule has 1 heterocycles. The van der Waals surface area contributed by atoms with Crippen LogP contribution in [0.25, 0.3) is 0 Å². The Labute approximate surface area is 162 Å². The molecule has 1 amide bonds. The van der Waals surface area contributed by atoms with Gasteiger partial charge in [0.25, 0.3) is 0 Å². The third kappa shape index (κ3) is 8.41. The molecule has 0 saturated carbocycles. The van der Waals surface area contributed by atoms with Crippen LogP contribution in [0.2, 0.25) is 0 Å². The molecule has 1 rings (SSSR count). The quantitative estimate of drug-likeness (QED) is 0.430. The zero-order valence-corrected chi connectivity index (χ0v) is 16.9. The van der Waals surface area contributed by atoms with Gasteiger partial charge in [0.05, 0.1) is 18.4 Å². The number of hydrogen-bond acceptors (Lipinski definition) is 5. The molecule has 0 spiro atoms. The van der Waals surface area contributed by atoms with E-state index in [2.05, 4.69) is 13.2 Å². The van der Waals surface area contributed by atoms with Gasteiger partial charge < -0.3 is 14.4 Å². The lowest BCUT2D eigenvalue weighted by atomic mass is 10.0. The number of rotatable bonds is 10. The highest BCUT2D eigenvalue weighted by Gasteiger charge is 2.31. The molecule has 1 fully saturated rings. The van der Waals surface area contributed by atoms with Crippen LogP contribution in [0.3, 0.4) is 0 Å². The number of allylic oxidation sites excluding steroid dienone is 2. The van der Waals surface area contributed by atoms with E-state index >= 15 is 0 Å². The number of nitrogens with zero attached hydrogens (tertiary/aromatic N) is 1. The Morgan fingerprint density at radius 1 is 1.22 bits per heavy atom. The molecule has 6 heteroatoms. The van der Waals surface area contributed by atoms with E-state index in [0.29, 0.717) is 25.8 Å². The summed E-state index contributed by atoms with van der Waals surface area (Å²) in [6.07, 6.45) is 6.38. The van der Waals surface area contributed by atoms with Gasteiger partial charge in [-0.25, -0.2) is 0 Å². The zero-order chi connectivity index (χ0) is 20.4. The average molecular weight is 379 g/mol. The standard InChI is InChI=1S/C21H33NO5/c1-6-8-12-18(23)22-13-9-11-17(22)15-26-20(25)16(10-7-2)14-19(24)27-21(3,4)5/h6-7,16-17H,1-2,8-15H2,3-5H3/t16-,17-/m0/s1. The first-order valence-corrected chi connectivity index (χ1v) is 9.57. The van der Waals surface area contributed by atoms with Crippen molar-refractivity contribution in [2.24, 2.45) is 5.92 Å². The molecule has 0 bridgehead atoms. The van der Waals surface area contributed by atoms with Gasteiger partial charge >= 0.3 is 11.9 Å². The summed E-state index contributed by atoms with van der Waals surface area (Å²) in [6.45, 7) is 13.5. The van der Waals surface area contributed by atoms with Crippen molar-refractivity contribution in [2.75, 3.05) is 13.2 Å². The smallest absolute Gasteiger partial charge is 0.309 e. The largest absolute Gasteiger partial charge is 0.463 e. The van der Waals surface area contributed by atoms with E-state index in [1.807, 2.05) is 0 Å². The monoisotopic (exact) mass is 379 g/mol. The van der Waals surface area contributed by atoms with E-state index in [1.165, 1.54) is 0 Å². The molecule has 0 aliphatic carbocycles. The Balaban J connectivity index is 2.57. The number of likely N-dealkylation sites (tertiary alicyclic amines) is 1. The van der Waals surface area contributed by atoms with Crippen LogP contribution in [0, 0.1) is 5.92 Å². The minimum atomic E-state index is -0.622. The second-order valence-corrected chi connectivity index (χ2v) is 7.85. The maximum Gasteiger partial charge on any atom is 0.309 e. The molecule has 0 radical (unpaired) electrons. The first-order valence-electron chi connectivity index (χ1n) is 9.57. The highest BCUT2D eigenvalue weighted by molar-refractivity contribution is 5.80. The Morgan fingerprint density at radius 2 is 1.93 bits per heavy atom. The summed E-state index contributed by atoms with van der Waals surface area (Å²) in [6, 6.07) is -0.0998. The maximum atomic E-state index is 12.4. The van der Waals surface area contributed by atoms with Gasteiger partial charge in [0.15, 0.2) is 0 Å². The summed E-state index contributed by atoms with van der Waals surface area (Å²) in [5.41, 5.74) is -0.601. The number of carbonyl (C=O) groups is 3. The normalized spacial score (nSPS) is 17.9. The van der Waals surface area contributed by atoms with Crippen LogP contribution in [0.1, 0.15) is 59.3 Å². The molecule has 2 atom stereocenters. The van der Waals surface area contributed by atoms with Crippen molar-refractivity contribution in [3.05, 3.63) is 25.3 Å². The molecule has 1 aliphatic heterocycles. The van der Waals surface area contributed by atoms with Crippen LogP contribution in [-0.2, 0) is 23.9 Å². The molecule has 0 N–H and O–H groups in total. The first-order chi connectivity index (χ1) is 12.7. The van der Waals surface area contributed by atoms with Gasteiger partial charge in [-0.15, -0.1) is 13.2 Å². The van der Waals surface area contributed by atoms with Crippen LogP contribution in [0.4, 0.5) is 0 Å². The molecule has 1 saturated heterocycles. The van der Waals surface area contributed by atoms with Crippen molar-refractivity contribution < 1.29 is 23.9 Å². The van der Waals surface area contributed by atoms with E-state index in [9.17, 15) is 14.4 Å². The van der Waals surface area contributed by atoms with Gasteiger partial charge in [-0.3, -0.25) is 14.4 Å². The predicted octanol–water partition coefficient (Wildman–Crippen LogP) is 3.41. The number of hydrogen-bond donors (Lipinski definition) is 0. The molecule has 6 nitrogen and oxygen atoms in total. The van der Waals surface area contributed by atoms with Crippen molar-refractivity contribution in [3.8, 4) is 0 Å². The molecule has 152 valence electrons. The summed E-state index contributed by atoms with van der Waals surface area (Å²) < 4.78 is 10.7. The lowest BCUT2D eigenvalue weighted by molar-refractivity contribution is -0.162. The van der Waals surface area contributed by atoms with Crippen LogP contribution < -0.4 is 0 Å². The van der Waals surface area contributed by atoms with Crippen molar-refractivity contribution >= 4 is 17.8 Å². The number of carbonyl (C=O) groups excluding carboxylic acids is 3. The summed E-state index contributed by atoms with van der Waals surface area (Å²) in [5.74, 6) is -1.45. The van der Waals surface area contributed by atoms with Gasteiger partial charge in [-0.05, 0) is 46.5 Å². The van der Waals surface area contributed by atoms with E-state index in [4.69, 9.17) is 9.47 Å². The second kappa shape index (κ2) is 10.9. The molecule has 0 aromatic heterocycles. The van der Waals surface area contributed by atoms with Gasteiger partial charge in [0.2, 0.25) is 5.91 Å². The lowest BCUT2D eigenvalue weighted by Crippen LogP contribution is -2.39. The van der Waals surface area contributed by atoms with Gasteiger partial charge in [0, 0.05) is 13.0 Å². The summed E-state index contributed by atoms with van der Waals surface area (Å²) in [4.78, 5) is 38.5. The van der Waals surface area contributed by atoms with Crippen molar-refractivity contribution in [3.63, 3.8) is 0 Å². The summed E-state index contributed by atoms with van der Waals surface area (Å²) >= 11 is 0. The highest BCUT2D eigenvalue weighted by atomic mass is 16.6. The number of ether oxygens (including phenoxy) is 2. The van der Waals surface area contributed by atoms with Crippen molar-refractivity contribution in [1.29, 1.82) is 0 Å². The fraction of sp³-hybridized carbons (Fsp3) is 0.667. The fourth-order valence-corrected chi connectivity index (χ4v) is 3.05. The highest BCUT2D eigenvalue weighted by Crippen LogP contribution is 2.21. The van der Waals surface area contributed by atoms with Crippen molar-refractivity contribution in [1.82, 2.24) is 4.90 Å². The van der Waals surface area contributed by atoms with Crippen molar-refractivity contribution in [2.45, 2.75) is 70.9 Å². The van der Waals surface area contributed by atoms with E-state index in [1.54, 1.807) is 37.8 Å². The Kier molecular flexibility index (Phi) is 9.26. The van der Waals surface area contributed by atoms with E-state index in [0.717, 1.165) is 12.8 Å². The molecular weight excluding hydrogens is 346 g/mol. The Bertz CT molecular complexity index is 549. The van der Waals surface area contributed by atoms with E-state index < -0.39 is 23.5 Å². The van der Waals surface area contributed by atoms with Gasteiger partial charge in [-0.2, -0.15) is 0 Å². The number of esters is 2. The van der Waals surface area contributed by atoms with Gasteiger partial charge in [0.1, 0.15) is 12.2 Å². The zero-order valence-electron chi connectivity index (χ0n) is 16.9. The maximum absolute atomic E-state index is 12.4. The Morgan fingerprint density at radius 3 is 2.52 bits per heavy atom. The third-order valence-corrected chi connectivity index (χ3v) is 4.30. The third-order valence-electron chi connectivity index (χ3n) is 4.30. The predicted molar refractivity (Wildman–Crippen MR) is 104 cm³/mol. The van der Waals surface area contributed by atoms with Crippen LogP contribution >= 0.6 is 0 Å². The summed E-state index contributed by atoms with van der Waals surface area (Å²) in [5, 5.41) is 0. The van der Waals surface area contributed by atoms with Crippen LogP contribution in [0.15, 0.2) is 25.3 Å². The fourth-order valence-electron chi connectivity index (χ4n) is 3.05. The SMILES string of the molecule is C=CCCC(=O)N1CCC[C@H]1COC(=O)[C@@H](CC=C)CC(=O)OC(C)(C)C. The molecule has 0 aromatic carbocycles. The first kappa shape index (κ1) is 22.9. The summed E-state index contributed by atoms with van der Waals surface area (Å²) in [7, 11) is 0. The minimum absolute atomic E-state index is 0.0469. The molecule has 0 unspecified atom stereocenters. The van der Waals surface area contributed by atoms with Crippen LogP contribution in [0.5, 0.6) is 0 Å².